The molecule has 1 fully saturated rings. The summed E-state index contributed by atoms with van der Waals surface area (Å²) in [6, 6.07) is 0.450. The minimum atomic E-state index is 0.0853. The number of amides is 1. The number of piperidine rings is 1. The lowest BCUT2D eigenvalue weighted by atomic mass is 10.0. The highest BCUT2D eigenvalue weighted by Gasteiger charge is 2.24. The first-order valence-electron chi connectivity index (χ1n) is 8.60. The third kappa shape index (κ3) is 4.32. The second kappa shape index (κ2) is 7.93. The van der Waals surface area contributed by atoms with E-state index in [9.17, 15) is 4.79 Å². The van der Waals surface area contributed by atoms with Crippen LogP contribution in [0.3, 0.4) is 0 Å². The standard InChI is InChI=1S/C17H30N4O2/c1-12(2)17(23)20-7-5-15(6-8-20)18-11-16-13(3)19-21(9-10-22)14(16)4/h12,15,18,22H,5-11H2,1-4H3. The molecule has 0 aliphatic carbocycles. The Morgan fingerprint density at radius 2 is 2.00 bits per heavy atom. The summed E-state index contributed by atoms with van der Waals surface area (Å²) in [6.45, 7) is 11.1. The van der Waals surface area contributed by atoms with Crippen LogP contribution in [-0.2, 0) is 17.9 Å². The smallest absolute Gasteiger partial charge is 0.225 e. The maximum absolute atomic E-state index is 12.0. The molecule has 0 saturated carbocycles. The van der Waals surface area contributed by atoms with Crippen LogP contribution in [0.5, 0.6) is 0 Å². The monoisotopic (exact) mass is 322 g/mol. The number of aliphatic hydroxyl groups excluding tert-OH is 1. The molecule has 2 rings (SSSR count). The van der Waals surface area contributed by atoms with Gasteiger partial charge in [0.2, 0.25) is 5.91 Å². The summed E-state index contributed by atoms with van der Waals surface area (Å²) in [5.74, 6) is 0.350. The molecule has 1 aliphatic rings. The minimum Gasteiger partial charge on any atom is -0.394 e. The predicted octanol–water partition coefficient (Wildman–Crippen LogP) is 1.23. The van der Waals surface area contributed by atoms with E-state index in [0.717, 1.165) is 43.9 Å². The fourth-order valence-corrected chi connectivity index (χ4v) is 3.22. The molecule has 0 radical (unpaired) electrons. The predicted molar refractivity (Wildman–Crippen MR) is 90.1 cm³/mol. The Morgan fingerprint density at radius 1 is 1.35 bits per heavy atom. The van der Waals surface area contributed by atoms with Gasteiger partial charge in [0.25, 0.3) is 0 Å². The Kier molecular flexibility index (Phi) is 6.18. The third-order valence-electron chi connectivity index (χ3n) is 4.71. The summed E-state index contributed by atoms with van der Waals surface area (Å²) in [5, 5.41) is 17.2. The van der Waals surface area contributed by atoms with Crippen molar-refractivity contribution in [1.29, 1.82) is 0 Å². The quantitative estimate of drug-likeness (QED) is 0.826. The maximum Gasteiger partial charge on any atom is 0.225 e. The van der Waals surface area contributed by atoms with E-state index < -0.39 is 0 Å². The number of likely N-dealkylation sites (tertiary alicyclic amines) is 1. The average molecular weight is 322 g/mol. The molecule has 0 unspecified atom stereocenters. The highest BCUT2D eigenvalue weighted by molar-refractivity contribution is 5.78. The van der Waals surface area contributed by atoms with Crippen molar-refractivity contribution in [3.05, 3.63) is 17.0 Å². The van der Waals surface area contributed by atoms with Gasteiger partial charge in [0, 0.05) is 42.9 Å². The fourth-order valence-electron chi connectivity index (χ4n) is 3.22. The third-order valence-corrected chi connectivity index (χ3v) is 4.71. The lowest BCUT2D eigenvalue weighted by Crippen LogP contribution is -2.46. The molecular weight excluding hydrogens is 292 g/mol. The number of hydrogen-bond acceptors (Lipinski definition) is 4. The number of nitrogens with zero attached hydrogens (tertiary/aromatic N) is 3. The van der Waals surface area contributed by atoms with Crippen molar-refractivity contribution in [1.82, 2.24) is 20.0 Å². The number of aryl methyl sites for hydroxylation is 1. The van der Waals surface area contributed by atoms with E-state index >= 15 is 0 Å². The Bertz CT molecular complexity index is 531. The van der Waals surface area contributed by atoms with Crippen LogP contribution in [-0.4, -0.2) is 51.4 Å². The van der Waals surface area contributed by atoms with E-state index in [-0.39, 0.29) is 18.4 Å². The van der Waals surface area contributed by atoms with Crippen LogP contribution in [0.4, 0.5) is 0 Å². The lowest BCUT2D eigenvalue weighted by molar-refractivity contribution is -0.135. The molecule has 23 heavy (non-hydrogen) atoms. The lowest BCUT2D eigenvalue weighted by Gasteiger charge is -2.33. The summed E-state index contributed by atoms with van der Waals surface area (Å²) in [6.07, 6.45) is 2.00. The van der Waals surface area contributed by atoms with Crippen molar-refractivity contribution in [2.24, 2.45) is 5.92 Å². The van der Waals surface area contributed by atoms with Crippen LogP contribution in [0.15, 0.2) is 0 Å². The number of rotatable bonds is 6. The molecule has 1 saturated heterocycles. The van der Waals surface area contributed by atoms with E-state index in [0.29, 0.717) is 12.6 Å². The maximum atomic E-state index is 12.0. The molecular formula is C17H30N4O2. The summed E-state index contributed by atoms with van der Waals surface area (Å²) >= 11 is 0. The van der Waals surface area contributed by atoms with E-state index in [2.05, 4.69) is 17.3 Å². The SMILES string of the molecule is Cc1nn(CCO)c(C)c1CNC1CCN(C(=O)C(C)C)CC1. The largest absolute Gasteiger partial charge is 0.394 e. The van der Waals surface area contributed by atoms with E-state index in [1.807, 2.05) is 30.4 Å². The van der Waals surface area contributed by atoms with Gasteiger partial charge >= 0.3 is 0 Å². The van der Waals surface area contributed by atoms with Crippen LogP contribution in [0.1, 0.15) is 43.6 Å². The number of carbonyl (C=O) groups is 1. The molecule has 6 heteroatoms. The zero-order chi connectivity index (χ0) is 17.0. The van der Waals surface area contributed by atoms with Crippen molar-refractivity contribution < 1.29 is 9.90 Å². The zero-order valence-corrected chi connectivity index (χ0v) is 14.8. The molecule has 130 valence electrons. The molecule has 0 aromatic carbocycles. The van der Waals surface area contributed by atoms with Gasteiger partial charge in [-0.2, -0.15) is 5.10 Å². The van der Waals surface area contributed by atoms with Crippen LogP contribution in [0.25, 0.3) is 0 Å². The average Bonchev–Trinajstić information content (AvgIpc) is 2.79. The Balaban J connectivity index is 1.85. The van der Waals surface area contributed by atoms with Gasteiger partial charge in [-0.05, 0) is 26.7 Å². The first-order chi connectivity index (χ1) is 10.9. The number of aliphatic hydroxyl groups is 1. The van der Waals surface area contributed by atoms with Crippen LogP contribution < -0.4 is 5.32 Å². The van der Waals surface area contributed by atoms with Gasteiger partial charge in [-0.25, -0.2) is 0 Å². The number of carbonyl (C=O) groups excluding carboxylic acids is 1. The van der Waals surface area contributed by atoms with Crippen LogP contribution in [0, 0.1) is 19.8 Å². The first-order valence-corrected chi connectivity index (χ1v) is 8.60. The summed E-state index contributed by atoms with van der Waals surface area (Å²) in [4.78, 5) is 14.0. The second-order valence-electron chi connectivity index (χ2n) is 6.73. The Morgan fingerprint density at radius 3 is 2.57 bits per heavy atom. The van der Waals surface area contributed by atoms with Crippen molar-refractivity contribution >= 4 is 5.91 Å². The fraction of sp³-hybridized carbons (Fsp3) is 0.765. The Hall–Kier alpha value is -1.40. The van der Waals surface area contributed by atoms with Gasteiger partial charge in [-0.3, -0.25) is 9.48 Å². The second-order valence-corrected chi connectivity index (χ2v) is 6.73. The topological polar surface area (TPSA) is 70.4 Å². The number of hydrogen-bond donors (Lipinski definition) is 2. The summed E-state index contributed by atoms with van der Waals surface area (Å²) in [7, 11) is 0. The molecule has 0 atom stereocenters. The highest BCUT2D eigenvalue weighted by atomic mass is 16.3. The molecule has 1 aliphatic heterocycles. The van der Waals surface area contributed by atoms with Gasteiger partial charge in [0.15, 0.2) is 0 Å². The van der Waals surface area contributed by atoms with Crippen molar-refractivity contribution in [3.8, 4) is 0 Å². The van der Waals surface area contributed by atoms with Crippen molar-refractivity contribution in [3.63, 3.8) is 0 Å². The van der Waals surface area contributed by atoms with Crippen LogP contribution >= 0.6 is 0 Å². The van der Waals surface area contributed by atoms with Crippen LogP contribution in [0.2, 0.25) is 0 Å². The van der Waals surface area contributed by atoms with Gasteiger partial charge in [-0.1, -0.05) is 13.8 Å². The number of aromatic nitrogens is 2. The van der Waals surface area contributed by atoms with Gasteiger partial charge in [0.1, 0.15) is 0 Å². The summed E-state index contributed by atoms with van der Waals surface area (Å²) in [5.41, 5.74) is 3.37. The molecule has 1 amide bonds. The molecule has 1 aromatic rings. The molecule has 2 heterocycles. The summed E-state index contributed by atoms with van der Waals surface area (Å²) < 4.78 is 1.87. The molecule has 1 aromatic heterocycles. The zero-order valence-electron chi connectivity index (χ0n) is 14.8. The molecule has 6 nitrogen and oxygen atoms in total. The first kappa shape index (κ1) is 17.9. The minimum absolute atomic E-state index is 0.0853. The highest BCUT2D eigenvalue weighted by Crippen LogP contribution is 2.16. The van der Waals surface area contributed by atoms with E-state index in [1.165, 1.54) is 5.56 Å². The molecule has 0 spiro atoms. The Labute approximate surface area is 138 Å². The number of nitrogens with one attached hydrogen (secondary N) is 1. The van der Waals surface area contributed by atoms with E-state index in [1.54, 1.807) is 0 Å². The van der Waals surface area contributed by atoms with Gasteiger partial charge in [0.05, 0.1) is 18.8 Å². The van der Waals surface area contributed by atoms with E-state index in [4.69, 9.17) is 5.11 Å². The van der Waals surface area contributed by atoms with Gasteiger partial charge in [-0.15, -0.1) is 0 Å². The normalized spacial score (nSPS) is 16.3. The van der Waals surface area contributed by atoms with Crippen molar-refractivity contribution in [2.75, 3.05) is 19.7 Å². The van der Waals surface area contributed by atoms with Crippen molar-refractivity contribution in [2.45, 2.75) is 59.7 Å². The molecule has 2 N–H and O–H groups in total. The van der Waals surface area contributed by atoms with Gasteiger partial charge < -0.3 is 15.3 Å². The molecule has 0 bridgehead atoms.